The third-order valence-corrected chi connectivity index (χ3v) is 7.73. The lowest BCUT2D eigenvalue weighted by Crippen LogP contribution is -2.54. The summed E-state index contributed by atoms with van der Waals surface area (Å²) in [6, 6.07) is 4.49. The normalized spacial score (nSPS) is 19.5. The molecule has 2 amide bonds. The second-order valence-electron chi connectivity index (χ2n) is 10.2. The molecule has 2 aliphatic rings. The number of imidazole rings is 1. The first-order valence-electron chi connectivity index (χ1n) is 13.2. The summed E-state index contributed by atoms with van der Waals surface area (Å²) in [4.78, 5) is 37.9. The molecule has 3 aromatic heterocycles. The molecule has 0 bridgehead atoms. The summed E-state index contributed by atoms with van der Waals surface area (Å²) in [5.74, 6) is 0.0232. The smallest absolute Gasteiger partial charge is 0.338 e. The zero-order valence-electron chi connectivity index (χ0n) is 22.0. The molecule has 5 heterocycles. The van der Waals surface area contributed by atoms with E-state index in [2.05, 4.69) is 30.8 Å². The van der Waals surface area contributed by atoms with E-state index in [0.29, 0.717) is 50.4 Å². The lowest BCUT2D eigenvalue weighted by atomic mass is 10.1. The zero-order valence-corrected chi connectivity index (χ0v) is 22.8. The van der Waals surface area contributed by atoms with Crippen molar-refractivity contribution in [3.8, 4) is 11.3 Å². The second kappa shape index (κ2) is 10.9. The Labute approximate surface area is 242 Å². The zero-order chi connectivity index (χ0) is 29.6. The highest BCUT2D eigenvalue weighted by Crippen LogP contribution is 2.36. The summed E-state index contributed by atoms with van der Waals surface area (Å²) in [5.41, 5.74) is 5.96. The Kier molecular flexibility index (Phi) is 7.24. The summed E-state index contributed by atoms with van der Waals surface area (Å²) < 4.78 is 41.7. The molecule has 1 aromatic carbocycles. The summed E-state index contributed by atoms with van der Waals surface area (Å²) in [6.07, 6.45) is 1.35. The van der Waals surface area contributed by atoms with Crippen LogP contribution in [0.2, 0.25) is 5.02 Å². The summed E-state index contributed by atoms with van der Waals surface area (Å²) in [6.45, 7) is 2.20. The first-order chi connectivity index (χ1) is 20.1. The number of nitrogens with one attached hydrogen (secondary N) is 3. The van der Waals surface area contributed by atoms with Crippen LogP contribution < -0.4 is 16.4 Å². The maximum atomic E-state index is 13.4. The molecule has 6 rings (SSSR count). The minimum Gasteiger partial charge on any atom is -0.338 e. The van der Waals surface area contributed by atoms with E-state index in [4.69, 9.17) is 17.3 Å². The van der Waals surface area contributed by atoms with Crippen molar-refractivity contribution >= 4 is 40.6 Å². The van der Waals surface area contributed by atoms with Crippen LogP contribution in [-0.4, -0.2) is 91.0 Å². The highest BCUT2D eigenvalue weighted by atomic mass is 35.5. The van der Waals surface area contributed by atoms with Crippen LogP contribution in [0.4, 0.5) is 24.7 Å². The Bertz CT molecular complexity index is 1650. The van der Waals surface area contributed by atoms with E-state index < -0.39 is 11.9 Å². The molecule has 16 heteroatoms. The van der Waals surface area contributed by atoms with Gasteiger partial charge in [-0.2, -0.15) is 18.3 Å². The molecule has 0 aliphatic carbocycles. The number of fused-ring (bicyclic) bond motifs is 1. The SMILES string of the molecule is N[C@@H]1CN[C@H](C(=O)N2CCN(C(=O)c3ccc(Nc4nccn5c(-c6c[nH]nc6C(F)(F)F)cnc45)cc3Cl)CC2)C1. The Morgan fingerprint density at radius 3 is 2.57 bits per heavy atom. The average Bonchev–Trinajstić information content (AvgIpc) is 3.72. The number of H-pyrrole nitrogens is 1. The molecule has 12 nitrogen and oxygen atoms in total. The van der Waals surface area contributed by atoms with Crippen molar-refractivity contribution < 1.29 is 22.8 Å². The molecule has 0 unspecified atom stereocenters. The van der Waals surface area contributed by atoms with Crippen LogP contribution in [0.5, 0.6) is 0 Å². The Balaban J connectivity index is 1.15. The predicted octanol–water partition coefficient (Wildman–Crippen LogP) is 2.51. The standard InChI is InChI=1S/C26H26ClF3N10O2/c27-18-10-15(1-2-16(18)24(41)38-5-7-39(8-6-38)25(42)19-9-14(31)11-33-19)36-22-23-34-13-20(40(23)4-3-32-22)17-12-35-37-21(17)26(28,29)30/h1-4,10,12-14,19,33H,5-9,11,31H2,(H,32,36)(H,35,37)/t14-,19-/m0/s1. The van der Waals surface area contributed by atoms with Crippen LogP contribution in [-0.2, 0) is 11.0 Å². The monoisotopic (exact) mass is 602 g/mol. The number of alkyl halides is 3. The lowest BCUT2D eigenvalue weighted by molar-refractivity contribution is -0.140. The van der Waals surface area contributed by atoms with Gasteiger partial charge in [-0.25, -0.2) is 9.97 Å². The van der Waals surface area contributed by atoms with Crippen LogP contribution in [0, 0.1) is 0 Å². The van der Waals surface area contributed by atoms with Gasteiger partial charge in [0.1, 0.15) is 0 Å². The average molecular weight is 603 g/mol. The number of piperazine rings is 1. The van der Waals surface area contributed by atoms with Gasteiger partial charge < -0.3 is 26.2 Å². The largest absolute Gasteiger partial charge is 0.435 e. The second-order valence-corrected chi connectivity index (χ2v) is 10.6. The number of aromatic nitrogens is 5. The number of aromatic amines is 1. The fourth-order valence-electron chi connectivity index (χ4n) is 5.28. The van der Waals surface area contributed by atoms with Crippen molar-refractivity contribution in [1.82, 2.24) is 39.7 Å². The molecule has 2 fully saturated rings. The van der Waals surface area contributed by atoms with E-state index in [0.717, 1.165) is 6.20 Å². The molecule has 220 valence electrons. The highest BCUT2D eigenvalue weighted by molar-refractivity contribution is 6.34. The third-order valence-electron chi connectivity index (χ3n) is 7.42. The van der Waals surface area contributed by atoms with Crippen molar-refractivity contribution in [3.05, 3.63) is 59.3 Å². The van der Waals surface area contributed by atoms with Crippen LogP contribution in [0.3, 0.4) is 0 Å². The number of amides is 2. The summed E-state index contributed by atoms with van der Waals surface area (Å²) >= 11 is 6.51. The number of benzene rings is 1. The number of halogens is 4. The van der Waals surface area contributed by atoms with E-state index in [-0.39, 0.29) is 51.6 Å². The number of nitrogens with two attached hydrogens (primary N) is 1. The summed E-state index contributed by atoms with van der Waals surface area (Å²) in [5, 5.41) is 12.0. The van der Waals surface area contributed by atoms with Gasteiger partial charge in [-0.1, -0.05) is 11.6 Å². The van der Waals surface area contributed by atoms with Gasteiger partial charge in [0.05, 0.1) is 34.1 Å². The molecular formula is C26H26ClF3N10O2. The van der Waals surface area contributed by atoms with Gasteiger partial charge >= 0.3 is 6.18 Å². The van der Waals surface area contributed by atoms with Gasteiger partial charge in [0.25, 0.3) is 5.91 Å². The Hall–Kier alpha value is -4.21. The van der Waals surface area contributed by atoms with Crippen molar-refractivity contribution in [3.63, 3.8) is 0 Å². The van der Waals surface area contributed by atoms with E-state index in [1.165, 1.54) is 23.0 Å². The Morgan fingerprint density at radius 1 is 1.12 bits per heavy atom. The number of carbonyl (C=O) groups excluding carboxylic acids is 2. The van der Waals surface area contributed by atoms with Crippen LogP contribution in [0.1, 0.15) is 22.5 Å². The molecular weight excluding hydrogens is 577 g/mol. The van der Waals surface area contributed by atoms with E-state index in [1.807, 2.05) is 0 Å². The number of nitrogens with zero attached hydrogens (tertiary/aromatic N) is 6. The van der Waals surface area contributed by atoms with Gasteiger partial charge in [-0.15, -0.1) is 0 Å². The van der Waals surface area contributed by atoms with Crippen molar-refractivity contribution in [2.75, 3.05) is 38.0 Å². The van der Waals surface area contributed by atoms with Gasteiger partial charge in [0, 0.05) is 63.0 Å². The lowest BCUT2D eigenvalue weighted by Gasteiger charge is -2.36. The van der Waals surface area contributed by atoms with Gasteiger partial charge in [-0.3, -0.25) is 19.1 Å². The van der Waals surface area contributed by atoms with E-state index >= 15 is 0 Å². The molecule has 42 heavy (non-hydrogen) atoms. The van der Waals surface area contributed by atoms with Crippen molar-refractivity contribution in [1.29, 1.82) is 0 Å². The molecule has 4 aromatic rings. The predicted molar refractivity (Wildman–Crippen MR) is 147 cm³/mol. The minimum atomic E-state index is -4.64. The maximum Gasteiger partial charge on any atom is 0.435 e. The fraction of sp³-hybridized carbons (Fsp3) is 0.346. The third kappa shape index (κ3) is 5.26. The first kappa shape index (κ1) is 27.9. The number of hydrogen-bond donors (Lipinski definition) is 4. The van der Waals surface area contributed by atoms with Crippen LogP contribution >= 0.6 is 11.6 Å². The van der Waals surface area contributed by atoms with Gasteiger partial charge in [0.2, 0.25) is 5.91 Å². The number of rotatable bonds is 5. The molecule has 2 saturated heterocycles. The number of hydrogen-bond acceptors (Lipinski definition) is 8. The van der Waals surface area contributed by atoms with Crippen LogP contribution in [0.15, 0.2) is 43.0 Å². The topological polar surface area (TPSA) is 150 Å². The molecule has 2 atom stereocenters. The van der Waals surface area contributed by atoms with E-state index in [1.54, 1.807) is 28.0 Å². The maximum absolute atomic E-state index is 13.4. The molecule has 0 radical (unpaired) electrons. The first-order valence-corrected chi connectivity index (χ1v) is 13.5. The molecule has 5 N–H and O–H groups in total. The summed E-state index contributed by atoms with van der Waals surface area (Å²) in [7, 11) is 0. The van der Waals surface area contributed by atoms with Crippen LogP contribution in [0.25, 0.3) is 16.9 Å². The molecule has 0 saturated carbocycles. The minimum absolute atomic E-state index is 0.00212. The molecule has 2 aliphatic heterocycles. The van der Waals surface area contributed by atoms with Crippen molar-refractivity contribution in [2.45, 2.75) is 24.7 Å². The van der Waals surface area contributed by atoms with Gasteiger partial charge in [0.15, 0.2) is 17.2 Å². The highest BCUT2D eigenvalue weighted by Gasteiger charge is 2.37. The quantitative estimate of drug-likeness (QED) is 0.272. The molecule has 0 spiro atoms. The number of anilines is 2. The van der Waals surface area contributed by atoms with Crippen molar-refractivity contribution in [2.24, 2.45) is 5.73 Å². The van der Waals surface area contributed by atoms with E-state index in [9.17, 15) is 22.8 Å². The fourth-order valence-corrected chi connectivity index (χ4v) is 5.54. The van der Waals surface area contributed by atoms with Gasteiger partial charge in [-0.05, 0) is 24.6 Å². The number of carbonyl (C=O) groups is 2. The Morgan fingerprint density at radius 2 is 1.88 bits per heavy atom.